The van der Waals surface area contributed by atoms with Crippen LogP contribution in [0.15, 0.2) is 83.9 Å². The molecule has 0 atom stereocenters. The molecule has 5 heteroatoms. The number of benzene rings is 3. The van der Waals surface area contributed by atoms with Crippen LogP contribution in [0.1, 0.15) is 16.7 Å². The zero-order valence-corrected chi connectivity index (χ0v) is 16.7. The third-order valence-electron chi connectivity index (χ3n) is 4.95. The van der Waals surface area contributed by atoms with Crippen molar-refractivity contribution >= 4 is 26.6 Å². The van der Waals surface area contributed by atoms with Crippen molar-refractivity contribution < 1.29 is 8.42 Å². The minimum atomic E-state index is -3.64. The Morgan fingerprint density at radius 2 is 1.54 bits per heavy atom. The number of nitrogens with zero attached hydrogens (tertiary/aromatic N) is 1. The molecule has 4 rings (SSSR count). The lowest BCUT2D eigenvalue weighted by atomic mass is 10.0. The number of nitrogens with one attached hydrogen (secondary N) is 1. The fourth-order valence-corrected chi connectivity index (χ4v) is 4.57. The predicted molar refractivity (Wildman–Crippen MR) is 114 cm³/mol. The lowest BCUT2D eigenvalue weighted by Gasteiger charge is -2.13. The van der Waals surface area contributed by atoms with Crippen molar-refractivity contribution in [3.05, 3.63) is 95.7 Å². The molecule has 3 aromatic carbocycles. The second-order valence-corrected chi connectivity index (χ2v) is 8.72. The summed E-state index contributed by atoms with van der Waals surface area (Å²) in [6.07, 6.45) is 2.75. The van der Waals surface area contributed by atoms with E-state index in [1.54, 1.807) is 24.3 Å². The fourth-order valence-electron chi connectivity index (χ4n) is 3.47. The minimum absolute atomic E-state index is 0.262. The predicted octanol–water partition coefficient (Wildman–Crippen LogP) is 4.88. The van der Waals surface area contributed by atoms with Crippen molar-refractivity contribution in [2.24, 2.45) is 7.05 Å². The molecule has 1 aromatic heterocycles. The topological polar surface area (TPSA) is 51.1 Å². The molecule has 142 valence electrons. The van der Waals surface area contributed by atoms with Gasteiger partial charge in [-0.3, -0.25) is 4.72 Å². The molecule has 4 aromatic rings. The second kappa shape index (κ2) is 7.17. The van der Waals surface area contributed by atoms with E-state index < -0.39 is 10.0 Å². The first kappa shape index (κ1) is 18.3. The van der Waals surface area contributed by atoms with Crippen LogP contribution in [0.4, 0.5) is 5.69 Å². The molecule has 0 spiro atoms. The van der Waals surface area contributed by atoms with E-state index in [0.29, 0.717) is 12.1 Å². The van der Waals surface area contributed by atoms with Gasteiger partial charge in [-0.05, 0) is 42.3 Å². The number of hydrogen-bond acceptors (Lipinski definition) is 2. The van der Waals surface area contributed by atoms with Crippen LogP contribution in [0.2, 0.25) is 0 Å². The van der Waals surface area contributed by atoms with Crippen molar-refractivity contribution in [1.82, 2.24) is 4.57 Å². The van der Waals surface area contributed by atoms with Crippen molar-refractivity contribution in [3.8, 4) is 0 Å². The van der Waals surface area contributed by atoms with E-state index in [-0.39, 0.29) is 4.90 Å². The number of aryl methyl sites for hydroxylation is 2. The standard InChI is InChI=1S/C23H22N2O2S/c1-17-11-13-20(14-12-17)28(26,27)24-22-9-5-3-7-18(22)15-19-16-25(2)23-10-6-4-8-21(19)23/h3-14,16,24H,15H2,1-2H3. The number of rotatable bonds is 5. The van der Waals surface area contributed by atoms with Gasteiger partial charge in [0.05, 0.1) is 10.6 Å². The van der Waals surface area contributed by atoms with Crippen LogP contribution in [0.25, 0.3) is 10.9 Å². The SMILES string of the molecule is Cc1ccc(S(=O)(=O)Nc2ccccc2Cc2cn(C)c3ccccc23)cc1. The molecule has 0 fully saturated rings. The van der Waals surface area contributed by atoms with E-state index in [1.807, 2.05) is 50.4 Å². The van der Waals surface area contributed by atoms with Crippen LogP contribution in [-0.4, -0.2) is 13.0 Å². The molecule has 0 amide bonds. The third kappa shape index (κ3) is 3.53. The van der Waals surface area contributed by atoms with E-state index in [9.17, 15) is 8.42 Å². The monoisotopic (exact) mass is 390 g/mol. The maximum atomic E-state index is 12.8. The van der Waals surface area contributed by atoms with Crippen molar-refractivity contribution in [3.63, 3.8) is 0 Å². The summed E-state index contributed by atoms with van der Waals surface area (Å²) in [7, 11) is -1.61. The largest absolute Gasteiger partial charge is 0.350 e. The first-order valence-electron chi connectivity index (χ1n) is 9.14. The lowest BCUT2D eigenvalue weighted by molar-refractivity contribution is 0.601. The van der Waals surface area contributed by atoms with Gasteiger partial charge in [0.1, 0.15) is 0 Å². The van der Waals surface area contributed by atoms with Gasteiger partial charge in [-0.25, -0.2) is 8.42 Å². The Balaban J connectivity index is 1.68. The lowest BCUT2D eigenvalue weighted by Crippen LogP contribution is -2.14. The highest BCUT2D eigenvalue weighted by molar-refractivity contribution is 7.92. The molecule has 1 heterocycles. The number of sulfonamides is 1. The normalized spacial score (nSPS) is 11.6. The average Bonchev–Trinajstić information content (AvgIpc) is 2.99. The summed E-state index contributed by atoms with van der Waals surface area (Å²) in [5.74, 6) is 0. The molecule has 0 aliphatic heterocycles. The molecular weight excluding hydrogens is 368 g/mol. The Morgan fingerprint density at radius 3 is 2.32 bits per heavy atom. The third-order valence-corrected chi connectivity index (χ3v) is 6.33. The molecule has 4 nitrogen and oxygen atoms in total. The molecule has 0 bridgehead atoms. The smallest absolute Gasteiger partial charge is 0.261 e. The molecule has 0 unspecified atom stereocenters. The van der Waals surface area contributed by atoms with Gasteiger partial charge in [0.15, 0.2) is 0 Å². The molecule has 0 aliphatic carbocycles. The van der Waals surface area contributed by atoms with Crippen LogP contribution < -0.4 is 4.72 Å². The van der Waals surface area contributed by atoms with Gasteiger partial charge in [0.25, 0.3) is 10.0 Å². The summed E-state index contributed by atoms with van der Waals surface area (Å²) in [6.45, 7) is 1.93. The highest BCUT2D eigenvalue weighted by atomic mass is 32.2. The zero-order chi connectivity index (χ0) is 19.7. The van der Waals surface area contributed by atoms with Gasteiger partial charge >= 0.3 is 0 Å². The summed E-state index contributed by atoms with van der Waals surface area (Å²) < 4.78 is 30.5. The number of hydrogen-bond donors (Lipinski definition) is 1. The fraction of sp³-hybridized carbons (Fsp3) is 0.130. The number of para-hydroxylation sites is 2. The molecular formula is C23H22N2O2S. The van der Waals surface area contributed by atoms with Crippen molar-refractivity contribution in [2.75, 3.05) is 4.72 Å². The van der Waals surface area contributed by atoms with E-state index in [1.165, 1.54) is 10.9 Å². The molecule has 0 saturated carbocycles. The molecule has 28 heavy (non-hydrogen) atoms. The van der Waals surface area contributed by atoms with E-state index in [2.05, 4.69) is 27.6 Å². The van der Waals surface area contributed by atoms with Crippen molar-refractivity contribution in [1.29, 1.82) is 0 Å². The Kier molecular flexibility index (Phi) is 4.69. The maximum absolute atomic E-state index is 12.8. The summed E-state index contributed by atoms with van der Waals surface area (Å²) in [4.78, 5) is 0.262. The molecule has 0 saturated heterocycles. The quantitative estimate of drug-likeness (QED) is 0.528. The van der Waals surface area contributed by atoms with Crippen LogP contribution in [0, 0.1) is 6.92 Å². The Hall–Kier alpha value is -3.05. The summed E-state index contributed by atoms with van der Waals surface area (Å²) in [5.41, 5.74) is 4.90. The Morgan fingerprint density at radius 1 is 0.857 bits per heavy atom. The summed E-state index contributed by atoms with van der Waals surface area (Å²) >= 11 is 0. The second-order valence-electron chi connectivity index (χ2n) is 7.03. The van der Waals surface area contributed by atoms with Gasteiger partial charge in [0, 0.05) is 30.6 Å². The number of fused-ring (bicyclic) bond motifs is 1. The van der Waals surface area contributed by atoms with Crippen molar-refractivity contribution in [2.45, 2.75) is 18.2 Å². The van der Waals surface area contributed by atoms with Crippen LogP contribution in [0.5, 0.6) is 0 Å². The maximum Gasteiger partial charge on any atom is 0.261 e. The Labute approximate surface area is 165 Å². The van der Waals surface area contributed by atoms with Gasteiger partial charge in [0.2, 0.25) is 0 Å². The van der Waals surface area contributed by atoms with E-state index in [4.69, 9.17) is 0 Å². The number of anilines is 1. The first-order chi connectivity index (χ1) is 13.4. The Bertz CT molecular complexity index is 1240. The van der Waals surface area contributed by atoms with Gasteiger partial charge in [-0.2, -0.15) is 0 Å². The van der Waals surface area contributed by atoms with Gasteiger partial charge in [-0.1, -0.05) is 54.1 Å². The average molecular weight is 391 g/mol. The van der Waals surface area contributed by atoms with Crippen LogP contribution in [-0.2, 0) is 23.5 Å². The van der Waals surface area contributed by atoms with Gasteiger partial charge in [-0.15, -0.1) is 0 Å². The molecule has 0 radical (unpaired) electrons. The summed E-state index contributed by atoms with van der Waals surface area (Å²) in [6, 6.07) is 22.7. The van der Waals surface area contributed by atoms with Crippen LogP contribution >= 0.6 is 0 Å². The first-order valence-corrected chi connectivity index (χ1v) is 10.6. The molecule has 1 N–H and O–H groups in total. The zero-order valence-electron chi connectivity index (χ0n) is 15.9. The molecule has 0 aliphatic rings. The van der Waals surface area contributed by atoms with Gasteiger partial charge < -0.3 is 4.57 Å². The van der Waals surface area contributed by atoms with Crippen LogP contribution in [0.3, 0.4) is 0 Å². The van der Waals surface area contributed by atoms with E-state index in [0.717, 1.165) is 16.6 Å². The minimum Gasteiger partial charge on any atom is -0.350 e. The highest BCUT2D eigenvalue weighted by Crippen LogP contribution is 2.27. The highest BCUT2D eigenvalue weighted by Gasteiger charge is 2.16. The van der Waals surface area contributed by atoms with E-state index >= 15 is 0 Å². The summed E-state index contributed by atoms with van der Waals surface area (Å²) in [5, 5.41) is 1.18. The number of aromatic nitrogens is 1.